The van der Waals surface area contributed by atoms with E-state index in [-0.39, 0.29) is 17.5 Å². The van der Waals surface area contributed by atoms with Crippen molar-refractivity contribution in [1.29, 1.82) is 0 Å². The molecule has 3 aromatic carbocycles. The molecule has 0 radical (unpaired) electrons. The molecule has 1 N–H and O–H groups in total. The van der Waals surface area contributed by atoms with E-state index in [1.807, 2.05) is 38.1 Å². The van der Waals surface area contributed by atoms with E-state index < -0.39 is 10.0 Å². The van der Waals surface area contributed by atoms with E-state index in [2.05, 4.69) is 10.3 Å². The van der Waals surface area contributed by atoms with Crippen LogP contribution in [0.15, 0.2) is 84.3 Å². The average Bonchev–Trinajstić information content (AvgIpc) is 3.32. The van der Waals surface area contributed by atoms with Crippen LogP contribution in [0.25, 0.3) is 0 Å². The highest BCUT2D eigenvalue weighted by atomic mass is 32.2. The van der Waals surface area contributed by atoms with Crippen LogP contribution in [0.3, 0.4) is 0 Å². The number of ether oxygens (including phenoxy) is 1. The third kappa shape index (κ3) is 5.26. The fraction of sp³-hybridized carbons (Fsp3) is 0.185. The molecule has 0 spiro atoms. The first-order valence-electron chi connectivity index (χ1n) is 11.3. The molecule has 1 heterocycles. The molecule has 0 saturated heterocycles. The highest BCUT2D eigenvalue weighted by molar-refractivity contribution is 7.92. The Bertz CT molecular complexity index is 1490. The molecule has 0 unspecified atom stereocenters. The third-order valence-electron chi connectivity index (χ3n) is 5.91. The molecule has 1 amide bonds. The van der Waals surface area contributed by atoms with E-state index in [1.54, 1.807) is 61.2 Å². The number of hydrogen-bond donors (Lipinski definition) is 1. The molecular weight excluding hydrogens is 476 g/mol. The van der Waals surface area contributed by atoms with Crippen molar-refractivity contribution >= 4 is 27.3 Å². The molecule has 0 aliphatic carbocycles. The Morgan fingerprint density at radius 2 is 1.75 bits per heavy atom. The van der Waals surface area contributed by atoms with Gasteiger partial charge < -0.3 is 14.6 Å². The lowest BCUT2D eigenvalue weighted by Crippen LogP contribution is -2.31. The Morgan fingerprint density at radius 1 is 1.03 bits per heavy atom. The van der Waals surface area contributed by atoms with Crippen LogP contribution in [0.2, 0.25) is 0 Å². The lowest BCUT2D eigenvalue weighted by atomic mass is 10.1. The van der Waals surface area contributed by atoms with Gasteiger partial charge in [-0.15, -0.1) is 0 Å². The number of amides is 1. The second-order valence-corrected chi connectivity index (χ2v) is 10.3. The maximum absolute atomic E-state index is 13.6. The molecule has 0 aliphatic heterocycles. The molecule has 36 heavy (non-hydrogen) atoms. The predicted octanol–water partition coefficient (Wildman–Crippen LogP) is 4.69. The molecule has 186 valence electrons. The molecule has 4 aromatic rings. The number of nitrogens with zero attached hydrogens (tertiary/aromatic N) is 3. The molecule has 1 aromatic heterocycles. The number of rotatable bonds is 8. The summed E-state index contributed by atoms with van der Waals surface area (Å²) in [7, 11) is -0.663. The maximum atomic E-state index is 13.6. The van der Waals surface area contributed by atoms with E-state index in [1.165, 1.54) is 16.8 Å². The predicted molar refractivity (Wildman–Crippen MR) is 140 cm³/mol. The second-order valence-electron chi connectivity index (χ2n) is 8.51. The van der Waals surface area contributed by atoms with Gasteiger partial charge in [-0.25, -0.2) is 4.98 Å². The average molecular weight is 505 g/mol. The third-order valence-corrected chi connectivity index (χ3v) is 7.57. The van der Waals surface area contributed by atoms with Gasteiger partial charge in [-0.1, -0.05) is 30.3 Å². The van der Waals surface area contributed by atoms with Gasteiger partial charge in [-0.2, -0.15) is 8.42 Å². The summed E-state index contributed by atoms with van der Waals surface area (Å²) >= 11 is 0. The van der Waals surface area contributed by atoms with Crippen LogP contribution >= 0.6 is 0 Å². The highest BCUT2D eigenvalue weighted by Gasteiger charge is 2.28. The number of benzene rings is 3. The summed E-state index contributed by atoms with van der Waals surface area (Å²) in [6.07, 6.45) is 2.94. The number of sulfonamides is 1. The van der Waals surface area contributed by atoms with Crippen LogP contribution in [0.1, 0.15) is 27.0 Å². The van der Waals surface area contributed by atoms with Crippen LogP contribution in [0, 0.1) is 13.8 Å². The Labute approximate surface area is 211 Å². The summed E-state index contributed by atoms with van der Waals surface area (Å²) in [5.41, 5.74) is 4.33. The van der Waals surface area contributed by atoms with Crippen molar-refractivity contribution < 1.29 is 17.9 Å². The molecule has 4 rings (SSSR count). The SMILES string of the molecule is COc1ccccc1NC(=O)c1ccc(CN(c2ccc(C)c(C)c2)S(=O)(=O)c2cn(C)cn2)cc1. The van der Waals surface area contributed by atoms with Crippen molar-refractivity contribution in [3.05, 3.63) is 102 Å². The summed E-state index contributed by atoms with van der Waals surface area (Å²) < 4.78 is 35.3. The number of carbonyl (C=O) groups excluding carboxylic acids is 1. The zero-order valence-electron chi connectivity index (χ0n) is 20.6. The fourth-order valence-electron chi connectivity index (χ4n) is 3.70. The molecule has 0 atom stereocenters. The van der Waals surface area contributed by atoms with Gasteiger partial charge in [0.05, 0.1) is 31.4 Å². The topological polar surface area (TPSA) is 93.5 Å². The summed E-state index contributed by atoms with van der Waals surface area (Å²) in [6, 6.07) is 19.5. The Morgan fingerprint density at radius 3 is 2.39 bits per heavy atom. The summed E-state index contributed by atoms with van der Waals surface area (Å²) in [5.74, 6) is 0.268. The summed E-state index contributed by atoms with van der Waals surface area (Å²) in [5, 5.41) is 2.81. The number of aryl methyl sites for hydroxylation is 3. The van der Waals surface area contributed by atoms with Crippen LogP contribution < -0.4 is 14.4 Å². The monoisotopic (exact) mass is 504 g/mol. The number of hydrogen-bond acceptors (Lipinski definition) is 5. The van der Waals surface area contributed by atoms with E-state index in [0.29, 0.717) is 22.7 Å². The minimum atomic E-state index is -3.93. The number of methoxy groups -OCH3 is 1. The van der Waals surface area contributed by atoms with Gasteiger partial charge in [0.15, 0.2) is 5.03 Å². The smallest absolute Gasteiger partial charge is 0.283 e. The van der Waals surface area contributed by atoms with Crippen molar-refractivity contribution in [2.24, 2.45) is 7.05 Å². The van der Waals surface area contributed by atoms with Crippen LogP contribution in [-0.4, -0.2) is 31.0 Å². The standard InChI is InChI=1S/C27H28N4O4S/c1-19-9-14-23(15-20(19)2)31(36(33,34)26-17-30(3)18-28-26)16-21-10-12-22(13-11-21)27(32)29-24-7-5-6-8-25(24)35-4/h5-15,17-18H,16H2,1-4H3,(H,29,32). The highest BCUT2D eigenvalue weighted by Crippen LogP contribution is 2.28. The minimum Gasteiger partial charge on any atom is -0.495 e. The quantitative estimate of drug-likeness (QED) is 0.376. The summed E-state index contributed by atoms with van der Waals surface area (Å²) in [4.78, 5) is 16.8. The van der Waals surface area contributed by atoms with Crippen molar-refractivity contribution in [3.8, 4) is 5.75 Å². The molecule has 0 fully saturated rings. The van der Waals surface area contributed by atoms with Gasteiger partial charge in [0.25, 0.3) is 15.9 Å². The lowest BCUT2D eigenvalue weighted by molar-refractivity contribution is 0.102. The fourth-order valence-corrected chi connectivity index (χ4v) is 5.12. The lowest BCUT2D eigenvalue weighted by Gasteiger charge is -2.24. The van der Waals surface area contributed by atoms with Gasteiger partial charge in [0.1, 0.15) is 5.75 Å². The van der Waals surface area contributed by atoms with Gasteiger partial charge in [-0.05, 0) is 66.9 Å². The largest absolute Gasteiger partial charge is 0.495 e. The maximum Gasteiger partial charge on any atom is 0.283 e. The van der Waals surface area contributed by atoms with Gasteiger partial charge in [0.2, 0.25) is 0 Å². The number of aromatic nitrogens is 2. The van der Waals surface area contributed by atoms with Crippen LogP contribution in [0.5, 0.6) is 5.75 Å². The Hall–Kier alpha value is -4.11. The van der Waals surface area contributed by atoms with Crippen LogP contribution in [-0.2, 0) is 23.6 Å². The number of nitrogens with one attached hydrogen (secondary N) is 1. The van der Waals surface area contributed by atoms with Crippen LogP contribution in [0.4, 0.5) is 11.4 Å². The molecule has 8 nitrogen and oxygen atoms in total. The number of carbonyl (C=O) groups is 1. The van der Waals surface area contributed by atoms with Crippen molar-refractivity contribution in [3.63, 3.8) is 0 Å². The first kappa shape index (κ1) is 25.0. The number of para-hydroxylation sites is 2. The van der Waals surface area contributed by atoms with Crippen molar-refractivity contribution in [2.75, 3.05) is 16.7 Å². The van der Waals surface area contributed by atoms with Crippen molar-refractivity contribution in [2.45, 2.75) is 25.4 Å². The van der Waals surface area contributed by atoms with E-state index in [4.69, 9.17) is 4.74 Å². The van der Waals surface area contributed by atoms with Gasteiger partial charge in [0, 0.05) is 18.8 Å². The molecule has 0 bridgehead atoms. The molecule has 0 saturated carbocycles. The molecule has 0 aliphatic rings. The van der Waals surface area contributed by atoms with Gasteiger partial charge >= 0.3 is 0 Å². The zero-order chi connectivity index (χ0) is 25.9. The van der Waals surface area contributed by atoms with Gasteiger partial charge in [-0.3, -0.25) is 9.10 Å². The first-order valence-corrected chi connectivity index (χ1v) is 12.7. The Kier molecular flexibility index (Phi) is 7.12. The van der Waals surface area contributed by atoms with E-state index >= 15 is 0 Å². The zero-order valence-corrected chi connectivity index (χ0v) is 21.4. The first-order chi connectivity index (χ1) is 17.2. The minimum absolute atomic E-state index is 0.0314. The molecular formula is C27H28N4O4S. The van der Waals surface area contributed by atoms with E-state index in [9.17, 15) is 13.2 Å². The normalized spacial score (nSPS) is 11.2. The Balaban J connectivity index is 1.61. The molecule has 9 heteroatoms. The summed E-state index contributed by atoms with van der Waals surface area (Å²) in [6.45, 7) is 4.00. The van der Waals surface area contributed by atoms with Crippen molar-refractivity contribution in [1.82, 2.24) is 9.55 Å². The number of imidazole rings is 1. The second kappa shape index (κ2) is 10.2. The van der Waals surface area contributed by atoms with E-state index in [0.717, 1.165) is 16.7 Å². The number of anilines is 2.